The molecule has 0 spiro atoms. The lowest BCUT2D eigenvalue weighted by molar-refractivity contribution is 0.102. The largest absolute Gasteiger partial charge is 0.384 e. The Kier molecular flexibility index (Phi) is 2.78. The number of rotatable bonds is 2. The Bertz CT molecular complexity index is 524. The molecule has 2 aromatic heterocycles. The number of carbonyl (C=O) groups is 1. The van der Waals surface area contributed by atoms with E-state index in [-0.39, 0.29) is 5.91 Å². The number of nitrogen functional groups attached to an aromatic ring is 1. The van der Waals surface area contributed by atoms with Crippen molar-refractivity contribution in [3.63, 3.8) is 0 Å². The predicted octanol–water partition coefficient (Wildman–Crippen LogP) is 1.26. The number of amides is 1. The summed E-state index contributed by atoms with van der Waals surface area (Å²) >= 11 is 0. The lowest BCUT2D eigenvalue weighted by Gasteiger charge is -2.04. The third-order valence-corrected chi connectivity index (χ3v) is 2.42. The second-order valence-electron chi connectivity index (χ2n) is 3.73. The fourth-order valence-corrected chi connectivity index (χ4v) is 1.46. The van der Waals surface area contributed by atoms with E-state index in [2.05, 4.69) is 20.5 Å². The first-order valence-corrected chi connectivity index (χ1v) is 5.12. The minimum Gasteiger partial charge on any atom is -0.384 e. The van der Waals surface area contributed by atoms with Gasteiger partial charge in [-0.15, -0.1) is 0 Å². The van der Waals surface area contributed by atoms with Gasteiger partial charge < -0.3 is 11.1 Å². The molecule has 0 saturated heterocycles. The Labute approximate surface area is 98.3 Å². The molecule has 0 bridgehead atoms. The molecule has 0 aliphatic heterocycles. The number of anilines is 2. The molecule has 2 heterocycles. The number of hydrogen-bond acceptors (Lipinski definition) is 4. The Morgan fingerprint density at radius 1 is 1.41 bits per heavy atom. The van der Waals surface area contributed by atoms with Crippen molar-refractivity contribution in [1.82, 2.24) is 15.2 Å². The van der Waals surface area contributed by atoms with E-state index in [1.165, 1.54) is 6.20 Å². The Balaban J connectivity index is 2.20. The van der Waals surface area contributed by atoms with Gasteiger partial charge in [0, 0.05) is 6.20 Å². The minimum absolute atomic E-state index is 0.231. The van der Waals surface area contributed by atoms with Gasteiger partial charge in [-0.05, 0) is 26.0 Å². The molecule has 88 valence electrons. The molecular formula is C11H13N5O. The molecule has 1 amide bonds. The predicted molar refractivity (Wildman–Crippen MR) is 64.7 cm³/mol. The maximum atomic E-state index is 11.9. The molecule has 0 unspecified atom stereocenters. The molecule has 0 saturated carbocycles. The van der Waals surface area contributed by atoms with E-state index in [1.807, 2.05) is 13.8 Å². The molecule has 0 radical (unpaired) electrons. The summed E-state index contributed by atoms with van der Waals surface area (Å²) in [6.45, 7) is 3.66. The zero-order valence-corrected chi connectivity index (χ0v) is 9.61. The molecule has 17 heavy (non-hydrogen) atoms. The van der Waals surface area contributed by atoms with Crippen molar-refractivity contribution in [2.24, 2.45) is 0 Å². The quantitative estimate of drug-likeness (QED) is 0.724. The lowest BCUT2D eigenvalue weighted by atomic mass is 10.2. The third-order valence-electron chi connectivity index (χ3n) is 2.42. The molecule has 0 atom stereocenters. The van der Waals surface area contributed by atoms with E-state index >= 15 is 0 Å². The Morgan fingerprint density at radius 2 is 2.18 bits per heavy atom. The molecule has 6 heteroatoms. The van der Waals surface area contributed by atoms with E-state index in [0.29, 0.717) is 17.1 Å². The van der Waals surface area contributed by atoms with Crippen LogP contribution < -0.4 is 11.1 Å². The van der Waals surface area contributed by atoms with Gasteiger partial charge >= 0.3 is 0 Å². The van der Waals surface area contributed by atoms with Crippen LogP contribution in [0.25, 0.3) is 0 Å². The van der Waals surface area contributed by atoms with E-state index in [4.69, 9.17) is 5.73 Å². The number of aromatic nitrogens is 3. The van der Waals surface area contributed by atoms with Crippen molar-refractivity contribution in [2.45, 2.75) is 13.8 Å². The van der Waals surface area contributed by atoms with Gasteiger partial charge in [0.2, 0.25) is 0 Å². The zero-order valence-electron chi connectivity index (χ0n) is 9.61. The summed E-state index contributed by atoms with van der Waals surface area (Å²) < 4.78 is 0. The number of hydrogen-bond donors (Lipinski definition) is 3. The number of nitrogens with zero attached hydrogens (tertiary/aromatic N) is 2. The first-order chi connectivity index (χ1) is 8.08. The van der Waals surface area contributed by atoms with Gasteiger partial charge in [-0.1, -0.05) is 0 Å². The Hall–Kier alpha value is -2.37. The Morgan fingerprint density at radius 3 is 2.71 bits per heavy atom. The summed E-state index contributed by atoms with van der Waals surface area (Å²) in [5, 5.41) is 9.58. The summed E-state index contributed by atoms with van der Waals surface area (Å²) in [6.07, 6.45) is 1.44. The van der Waals surface area contributed by atoms with Crippen molar-refractivity contribution < 1.29 is 4.79 Å². The van der Waals surface area contributed by atoms with Crippen molar-refractivity contribution in [1.29, 1.82) is 0 Å². The SMILES string of the molecule is Cc1n[nH]c(C)c1NC(=O)c1ccc(N)nc1. The third kappa shape index (κ3) is 2.25. The molecule has 6 nitrogen and oxygen atoms in total. The van der Waals surface area contributed by atoms with Crippen molar-refractivity contribution in [3.8, 4) is 0 Å². The highest BCUT2D eigenvalue weighted by atomic mass is 16.1. The van der Waals surface area contributed by atoms with Crippen LogP contribution in [0.2, 0.25) is 0 Å². The number of aryl methyl sites for hydroxylation is 2. The van der Waals surface area contributed by atoms with Crippen LogP contribution in [0, 0.1) is 13.8 Å². The van der Waals surface area contributed by atoms with Crippen molar-refractivity contribution >= 4 is 17.4 Å². The van der Waals surface area contributed by atoms with Gasteiger partial charge in [0.25, 0.3) is 5.91 Å². The smallest absolute Gasteiger partial charge is 0.257 e. The van der Waals surface area contributed by atoms with Crippen molar-refractivity contribution in [3.05, 3.63) is 35.3 Å². The molecule has 0 fully saturated rings. The zero-order chi connectivity index (χ0) is 12.4. The molecule has 0 aliphatic rings. The maximum Gasteiger partial charge on any atom is 0.257 e. The van der Waals surface area contributed by atoms with Crippen LogP contribution in [-0.2, 0) is 0 Å². The summed E-state index contributed by atoms with van der Waals surface area (Å²) in [4.78, 5) is 15.8. The fourth-order valence-electron chi connectivity index (χ4n) is 1.46. The number of H-pyrrole nitrogens is 1. The van der Waals surface area contributed by atoms with Crippen LogP contribution in [0.15, 0.2) is 18.3 Å². The average Bonchev–Trinajstić information content (AvgIpc) is 2.61. The van der Waals surface area contributed by atoms with Gasteiger partial charge in [0.15, 0.2) is 0 Å². The maximum absolute atomic E-state index is 11.9. The average molecular weight is 231 g/mol. The standard InChI is InChI=1S/C11H13N5O/c1-6-10(7(2)16-15-6)14-11(17)8-3-4-9(12)13-5-8/h3-5H,1-2H3,(H2,12,13)(H,14,17)(H,15,16). The topological polar surface area (TPSA) is 96.7 Å². The van der Waals surface area contributed by atoms with Gasteiger partial charge in [-0.2, -0.15) is 5.10 Å². The molecule has 0 aliphatic carbocycles. The van der Waals surface area contributed by atoms with Gasteiger partial charge in [0.1, 0.15) is 5.82 Å². The number of aromatic amines is 1. The molecule has 2 aromatic rings. The van der Waals surface area contributed by atoms with Crippen LogP contribution >= 0.6 is 0 Å². The second kappa shape index (κ2) is 4.25. The van der Waals surface area contributed by atoms with E-state index < -0.39 is 0 Å². The molecule has 0 aromatic carbocycles. The van der Waals surface area contributed by atoms with Gasteiger partial charge in [-0.3, -0.25) is 9.89 Å². The summed E-state index contributed by atoms with van der Waals surface area (Å²) in [5.41, 5.74) is 8.18. The van der Waals surface area contributed by atoms with Crippen LogP contribution in [0.3, 0.4) is 0 Å². The van der Waals surface area contributed by atoms with Crippen LogP contribution in [0.1, 0.15) is 21.7 Å². The van der Waals surface area contributed by atoms with Crippen LogP contribution in [0.4, 0.5) is 11.5 Å². The minimum atomic E-state index is -0.231. The lowest BCUT2D eigenvalue weighted by Crippen LogP contribution is -2.13. The van der Waals surface area contributed by atoms with Crippen LogP contribution in [0.5, 0.6) is 0 Å². The summed E-state index contributed by atoms with van der Waals surface area (Å²) in [5.74, 6) is 0.155. The van der Waals surface area contributed by atoms with E-state index in [0.717, 1.165) is 11.4 Å². The first-order valence-electron chi connectivity index (χ1n) is 5.12. The van der Waals surface area contributed by atoms with Gasteiger partial charge in [-0.25, -0.2) is 4.98 Å². The summed E-state index contributed by atoms with van der Waals surface area (Å²) in [7, 11) is 0. The van der Waals surface area contributed by atoms with Gasteiger partial charge in [0.05, 0.1) is 22.6 Å². The summed E-state index contributed by atoms with van der Waals surface area (Å²) in [6, 6.07) is 3.21. The molecule has 2 rings (SSSR count). The van der Waals surface area contributed by atoms with E-state index in [1.54, 1.807) is 12.1 Å². The molecular weight excluding hydrogens is 218 g/mol. The van der Waals surface area contributed by atoms with E-state index in [9.17, 15) is 4.79 Å². The first kappa shape index (κ1) is 11.1. The number of nitrogens with two attached hydrogens (primary N) is 1. The monoisotopic (exact) mass is 231 g/mol. The van der Waals surface area contributed by atoms with Crippen molar-refractivity contribution in [2.75, 3.05) is 11.1 Å². The highest BCUT2D eigenvalue weighted by Gasteiger charge is 2.11. The fraction of sp³-hybridized carbons (Fsp3) is 0.182. The molecule has 4 N–H and O–H groups in total. The van der Waals surface area contributed by atoms with Crippen LogP contribution in [-0.4, -0.2) is 21.1 Å². The number of pyridine rings is 1. The number of carbonyl (C=O) groups excluding carboxylic acids is 1. The normalized spacial score (nSPS) is 10.2. The second-order valence-corrected chi connectivity index (χ2v) is 3.73. The highest BCUT2D eigenvalue weighted by molar-refractivity contribution is 6.04. The number of nitrogens with one attached hydrogen (secondary N) is 2. The highest BCUT2D eigenvalue weighted by Crippen LogP contribution is 2.17.